The largest absolute Gasteiger partial charge is 0.508 e. The summed E-state index contributed by atoms with van der Waals surface area (Å²) in [5.74, 6) is -1.04. The zero-order chi connectivity index (χ0) is 22.0. The van der Waals surface area contributed by atoms with Crippen LogP contribution >= 0.6 is 0 Å². The van der Waals surface area contributed by atoms with Crippen LogP contribution < -0.4 is 4.74 Å². The van der Waals surface area contributed by atoms with E-state index in [1.54, 1.807) is 36.4 Å². The average Bonchev–Trinajstić information content (AvgIpc) is 3.36. The molecular weight excluding hydrogens is 398 g/mol. The zero-order valence-electron chi connectivity index (χ0n) is 17.3. The number of aliphatic hydroxyl groups excluding tert-OH is 1. The Morgan fingerprint density at radius 3 is 2.61 bits per heavy atom. The second-order valence-electron chi connectivity index (χ2n) is 7.64. The summed E-state index contributed by atoms with van der Waals surface area (Å²) in [7, 11) is 0. The Hall–Kier alpha value is -3.32. The molecule has 2 aliphatic heterocycles. The maximum atomic E-state index is 13.0. The summed E-state index contributed by atoms with van der Waals surface area (Å²) in [6.45, 7) is 3.25. The van der Waals surface area contributed by atoms with Crippen LogP contribution in [0.3, 0.4) is 0 Å². The van der Waals surface area contributed by atoms with E-state index in [1.807, 2.05) is 6.92 Å². The van der Waals surface area contributed by atoms with Gasteiger partial charge in [0, 0.05) is 18.7 Å². The first kappa shape index (κ1) is 20.9. The lowest BCUT2D eigenvalue weighted by Crippen LogP contribution is -2.36. The smallest absolute Gasteiger partial charge is 0.295 e. The van der Waals surface area contributed by atoms with Gasteiger partial charge in [0.15, 0.2) is 0 Å². The van der Waals surface area contributed by atoms with Gasteiger partial charge in [0.25, 0.3) is 11.7 Å². The lowest BCUT2D eigenvalue weighted by Gasteiger charge is -2.27. The summed E-state index contributed by atoms with van der Waals surface area (Å²) in [5, 5.41) is 21.0. The van der Waals surface area contributed by atoms with Crippen LogP contribution in [0.25, 0.3) is 5.76 Å². The Balaban J connectivity index is 1.78. The highest BCUT2D eigenvalue weighted by Crippen LogP contribution is 2.40. The topological polar surface area (TPSA) is 96.3 Å². The van der Waals surface area contributed by atoms with Gasteiger partial charge in [-0.1, -0.05) is 12.1 Å². The van der Waals surface area contributed by atoms with Crippen LogP contribution in [0.1, 0.15) is 36.9 Å². The van der Waals surface area contributed by atoms with E-state index in [0.29, 0.717) is 30.1 Å². The van der Waals surface area contributed by atoms with Gasteiger partial charge in [0.2, 0.25) is 0 Å². The van der Waals surface area contributed by atoms with E-state index in [-0.39, 0.29) is 29.7 Å². The normalized spacial score (nSPS) is 22.8. The van der Waals surface area contributed by atoms with Crippen molar-refractivity contribution in [2.75, 3.05) is 19.8 Å². The highest BCUT2D eigenvalue weighted by molar-refractivity contribution is 6.46. The van der Waals surface area contributed by atoms with Gasteiger partial charge in [0.1, 0.15) is 17.3 Å². The molecule has 2 aromatic carbocycles. The molecule has 2 atom stereocenters. The molecule has 162 valence electrons. The lowest BCUT2D eigenvalue weighted by molar-refractivity contribution is -0.140. The summed E-state index contributed by atoms with van der Waals surface area (Å²) >= 11 is 0. The zero-order valence-corrected chi connectivity index (χ0v) is 17.3. The standard InChI is InChI=1S/C24H25NO6/c1-2-30-18-10-8-15(9-11-18)22(27)20-21(16-5-3-6-17(26)13-16)25(24(29)23(20)28)14-19-7-4-12-31-19/h3,5-6,8-11,13,19,21,26-27H,2,4,7,12,14H2,1H3/b22-20+. The molecule has 7 heteroatoms. The van der Waals surface area contributed by atoms with E-state index in [4.69, 9.17) is 9.47 Å². The fourth-order valence-electron chi connectivity index (χ4n) is 4.15. The number of phenolic OH excluding ortho intramolecular Hbond substituents is 1. The molecule has 2 aliphatic rings. The fraction of sp³-hybridized carbons (Fsp3) is 0.333. The van der Waals surface area contributed by atoms with Gasteiger partial charge >= 0.3 is 0 Å². The quantitative estimate of drug-likeness (QED) is 0.420. The Bertz CT molecular complexity index is 1010. The summed E-state index contributed by atoms with van der Waals surface area (Å²) < 4.78 is 11.1. The van der Waals surface area contributed by atoms with E-state index in [9.17, 15) is 19.8 Å². The third-order valence-corrected chi connectivity index (χ3v) is 5.59. The highest BCUT2D eigenvalue weighted by atomic mass is 16.5. The molecule has 0 aromatic heterocycles. The van der Waals surface area contributed by atoms with Gasteiger partial charge in [-0.2, -0.15) is 0 Å². The van der Waals surface area contributed by atoms with E-state index >= 15 is 0 Å². The van der Waals surface area contributed by atoms with Gasteiger partial charge in [-0.15, -0.1) is 0 Å². The van der Waals surface area contributed by atoms with Crippen molar-refractivity contribution >= 4 is 17.4 Å². The summed E-state index contributed by atoms with van der Waals surface area (Å²) in [5.41, 5.74) is 0.950. The second kappa shape index (κ2) is 8.81. The highest BCUT2D eigenvalue weighted by Gasteiger charge is 2.47. The molecule has 2 unspecified atom stereocenters. The minimum Gasteiger partial charge on any atom is -0.508 e. The minimum absolute atomic E-state index is 0.00208. The monoisotopic (exact) mass is 423 g/mol. The lowest BCUT2D eigenvalue weighted by atomic mass is 9.95. The molecule has 0 bridgehead atoms. The number of hydrogen-bond acceptors (Lipinski definition) is 6. The molecule has 2 N–H and O–H groups in total. The van der Waals surface area contributed by atoms with Crippen molar-refractivity contribution in [3.8, 4) is 11.5 Å². The van der Waals surface area contributed by atoms with Gasteiger partial charge in [0.05, 0.1) is 24.3 Å². The predicted octanol–water partition coefficient (Wildman–Crippen LogP) is 3.39. The Kier molecular flexibility index (Phi) is 5.95. The summed E-state index contributed by atoms with van der Waals surface area (Å²) in [4.78, 5) is 27.4. The number of aromatic hydroxyl groups is 1. The maximum absolute atomic E-state index is 13.0. The number of ketones is 1. The molecule has 2 fully saturated rings. The maximum Gasteiger partial charge on any atom is 0.295 e. The number of phenols is 1. The number of nitrogens with zero attached hydrogens (tertiary/aromatic N) is 1. The molecule has 2 aromatic rings. The number of aliphatic hydroxyl groups is 1. The van der Waals surface area contributed by atoms with Crippen LogP contribution in [-0.4, -0.2) is 52.7 Å². The molecule has 1 amide bonds. The van der Waals surface area contributed by atoms with Gasteiger partial charge < -0.3 is 24.6 Å². The molecule has 31 heavy (non-hydrogen) atoms. The van der Waals surface area contributed by atoms with Crippen molar-refractivity contribution in [2.24, 2.45) is 0 Å². The van der Waals surface area contributed by atoms with Crippen LogP contribution in [0.2, 0.25) is 0 Å². The number of rotatable bonds is 6. The number of carbonyl (C=O) groups excluding carboxylic acids is 2. The van der Waals surface area contributed by atoms with E-state index in [1.165, 1.54) is 17.0 Å². The number of benzene rings is 2. The molecule has 0 radical (unpaired) electrons. The van der Waals surface area contributed by atoms with Gasteiger partial charge in [-0.3, -0.25) is 9.59 Å². The van der Waals surface area contributed by atoms with Crippen molar-refractivity contribution in [3.63, 3.8) is 0 Å². The molecule has 0 aliphatic carbocycles. The van der Waals surface area contributed by atoms with Crippen LogP contribution in [0.5, 0.6) is 11.5 Å². The van der Waals surface area contributed by atoms with Crippen molar-refractivity contribution < 1.29 is 29.3 Å². The van der Waals surface area contributed by atoms with Crippen LogP contribution in [-0.2, 0) is 14.3 Å². The van der Waals surface area contributed by atoms with Crippen molar-refractivity contribution in [1.29, 1.82) is 0 Å². The van der Waals surface area contributed by atoms with Crippen LogP contribution in [0.4, 0.5) is 0 Å². The first-order valence-electron chi connectivity index (χ1n) is 10.4. The molecule has 0 saturated carbocycles. The Morgan fingerprint density at radius 1 is 1.19 bits per heavy atom. The Labute approximate surface area is 180 Å². The third-order valence-electron chi connectivity index (χ3n) is 5.59. The SMILES string of the molecule is CCOc1ccc(/C(O)=C2\C(=O)C(=O)N(CC3CCCO3)C2c2cccc(O)c2)cc1. The number of Topliss-reactive ketones (excluding diaryl/α,β-unsaturated/α-hetero) is 1. The average molecular weight is 423 g/mol. The van der Waals surface area contributed by atoms with Gasteiger partial charge in [-0.05, 0) is 61.7 Å². The number of hydrogen-bond donors (Lipinski definition) is 2. The van der Waals surface area contributed by atoms with E-state index < -0.39 is 17.7 Å². The first-order chi connectivity index (χ1) is 15.0. The molecule has 2 saturated heterocycles. The number of likely N-dealkylation sites (tertiary alicyclic amines) is 1. The summed E-state index contributed by atoms with van der Waals surface area (Å²) in [6.07, 6.45) is 1.54. The van der Waals surface area contributed by atoms with Crippen LogP contribution in [0, 0.1) is 0 Å². The predicted molar refractivity (Wildman–Crippen MR) is 114 cm³/mol. The molecule has 7 nitrogen and oxygen atoms in total. The number of ether oxygens (including phenoxy) is 2. The molecular formula is C24H25NO6. The van der Waals surface area contributed by atoms with Crippen LogP contribution in [0.15, 0.2) is 54.1 Å². The van der Waals surface area contributed by atoms with E-state index in [0.717, 1.165) is 12.8 Å². The van der Waals surface area contributed by atoms with Crippen molar-refractivity contribution in [3.05, 3.63) is 65.2 Å². The van der Waals surface area contributed by atoms with Crippen molar-refractivity contribution in [2.45, 2.75) is 31.9 Å². The first-order valence-corrected chi connectivity index (χ1v) is 10.4. The van der Waals surface area contributed by atoms with Crippen molar-refractivity contribution in [1.82, 2.24) is 4.90 Å². The Morgan fingerprint density at radius 2 is 1.97 bits per heavy atom. The fourth-order valence-corrected chi connectivity index (χ4v) is 4.15. The third kappa shape index (κ3) is 4.14. The molecule has 2 heterocycles. The molecule has 4 rings (SSSR count). The minimum atomic E-state index is -0.817. The number of carbonyl (C=O) groups is 2. The van der Waals surface area contributed by atoms with Gasteiger partial charge in [-0.25, -0.2) is 0 Å². The van der Waals surface area contributed by atoms with E-state index in [2.05, 4.69) is 0 Å². The number of amides is 1. The summed E-state index contributed by atoms with van der Waals surface area (Å²) in [6, 6.07) is 12.3. The second-order valence-corrected chi connectivity index (χ2v) is 7.64. The molecule has 0 spiro atoms.